The highest BCUT2D eigenvalue weighted by Gasteiger charge is 2.24. The lowest BCUT2D eigenvalue weighted by Crippen LogP contribution is -2.33. The smallest absolute Gasteiger partial charge is 0.335 e. The van der Waals surface area contributed by atoms with Crippen molar-refractivity contribution in [2.45, 2.75) is 38.6 Å². The number of rotatable bonds is 9. The van der Waals surface area contributed by atoms with Crippen LogP contribution < -0.4 is 5.32 Å². The third kappa shape index (κ3) is 5.98. The zero-order valence-electron chi connectivity index (χ0n) is 22.2. The average molecular weight is 579 g/mol. The van der Waals surface area contributed by atoms with Gasteiger partial charge in [-0.15, -0.1) is 0 Å². The van der Waals surface area contributed by atoms with Crippen LogP contribution in [-0.4, -0.2) is 51.3 Å². The van der Waals surface area contributed by atoms with Gasteiger partial charge in [0.15, 0.2) is 0 Å². The van der Waals surface area contributed by atoms with Crippen LogP contribution in [-0.2, 0) is 24.4 Å². The van der Waals surface area contributed by atoms with Gasteiger partial charge in [-0.3, -0.25) is 4.90 Å². The second-order valence-corrected chi connectivity index (χ2v) is 10.9. The highest BCUT2D eigenvalue weighted by atomic mass is 35.5. The molecular formula is C31H29ClF2N4O3. The molecule has 212 valence electrons. The molecule has 0 amide bonds. The summed E-state index contributed by atoms with van der Waals surface area (Å²) in [5, 5.41) is 12.8. The molecule has 2 aliphatic heterocycles. The van der Waals surface area contributed by atoms with Crippen LogP contribution in [0.4, 0.5) is 14.5 Å². The van der Waals surface area contributed by atoms with Crippen molar-refractivity contribution >= 4 is 39.9 Å². The van der Waals surface area contributed by atoms with E-state index in [0.717, 1.165) is 54.0 Å². The molecule has 6 rings (SSSR count). The average Bonchev–Trinajstić information content (AvgIpc) is 3.27. The van der Waals surface area contributed by atoms with Crippen LogP contribution in [0.15, 0.2) is 60.7 Å². The fourth-order valence-electron chi connectivity index (χ4n) is 5.30. The minimum atomic E-state index is -0.967. The van der Waals surface area contributed by atoms with Crippen LogP contribution in [0.2, 0.25) is 5.02 Å². The molecule has 1 atom stereocenters. The van der Waals surface area contributed by atoms with Gasteiger partial charge >= 0.3 is 5.97 Å². The molecule has 7 nitrogen and oxygen atoms in total. The molecule has 2 N–H and O–H groups in total. The number of ether oxygens (including phenoxy) is 1. The molecule has 2 aliphatic rings. The minimum absolute atomic E-state index is 0.102. The second-order valence-electron chi connectivity index (χ2n) is 10.4. The number of hydrogen-bond acceptors (Lipinski definition) is 5. The Morgan fingerprint density at radius 2 is 1.98 bits per heavy atom. The molecule has 10 heteroatoms. The van der Waals surface area contributed by atoms with Crippen molar-refractivity contribution < 1.29 is 23.4 Å². The van der Waals surface area contributed by atoms with Gasteiger partial charge in [0, 0.05) is 36.8 Å². The molecule has 0 bridgehead atoms. The Hall–Kier alpha value is -3.79. The zero-order chi connectivity index (χ0) is 28.5. The quantitative estimate of drug-likeness (QED) is 0.241. The first-order valence-corrected chi connectivity index (χ1v) is 13.9. The van der Waals surface area contributed by atoms with Crippen molar-refractivity contribution in [2.24, 2.45) is 0 Å². The van der Waals surface area contributed by atoms with Gasteiger partial charge in [-0.05, 0) is 66.4 Å². The van der Waals surface area contributed by atoms with E-state index in [1.807, 2.05) is 0 Å². The van der Waals surface area contributed by atoms with Gasteiger partial charge in [-0.2, -0.15) is 0 Å². The lowest BCUT2D eigenvalue weighted by molar-refractivity contribution is -0.0591. The van der Waals surface area contributed by atoms with Gasteiger partial charge in [0.05, 0.1) is 41.5 Å². The van der Waals surface area contributed by atoms with Gasteiger partial charge in [-0.25, -0.2) is 18.6 Å². The molecule has 1 saturated heterocycles. The maximum absolute atomic E-state index is 14.6. The Morgan fingerprint density at radius 3 is 2.68 bits per heavy atom. The zero-order valence-corrected chi connectivity index (χ0v) is 23.0. The molecule has 41 heavy (non-hydrogen) atoms. The summed E-state index contributed by atoms with van der Waals surface area (Å²) in [4.78, 5) is 18.7. The van der Waals surface area contributed by atoms with Crippen LogP contribution in [0, 0.1) is 11.6 Å². The van der Waals surface area contributed by atoms with E-state index < -0.39 is 17.6 Å². The number of nitrogens with one attached hydrogen (secondary N) is 1. The fourth-order valence-corrected chi connectivity index (χ4v) is 5.45. The largest absolute Gasteiger partial charge is 0.478 e. The van der Waals surface area contributed by atoms with Crippen molar-refractivity contribution in [3.8, 4) is 0 Å². The van der Waals surface area contributed by atoms with Crippen LogP contribution >= 0.6 is 11.6 Å². The molecule has 0 unspecified atom stereocenters. The SMILES string of the molecule is O=C(O)c1ccc2nc(CN3CC=C(c4ccc(F)c(NCc5ccc(Cl)cc5F)c4)CC3)n(C[C@@H]3CCO3)c2c1. The summed E-state index contributed by atoms with van der Waals surface area (Å²) in [5.41, 5.74) is 4.55. The molecule has 1 fully saturated rings. The normalized spacial score (nSPS) is 17.3. The highest BCUT2D eigenvalue weighted by molar-refractivity contribution is 6.30. The van der Waals surface area contributed by atoms with E-state index in [-0.39, 0.29) is 18.2 Å². The maximum Gasteiger partial charge on any atom is 0.335 e. The summed E-state index contributed by atoms with van der Waals surface area (Å²) in [7, 11) is 0. The number of nitrogens with zero attached hydrogens (tertiary/aromatic N) is 3. The Labute approximate surface area is 241 Å². The molecule has 0 radical (unpaired) electrons. The summed E-state index contributed by atoms with van der Waals surface area (Å²) in [5.74, 6) is -0.932. The summed E-state index contributed by atoms with van der Waals surface area (Å²) in [6.07, 6.45) is 3.98. The van der Waals surface area contributed by atoms with E-state index in [9.17, 15) is 18.7 Å². The van der Waals surface area contributed by atoms with E-state index in [0.29, 0.717) is 35.9 Å². The van der Waals surface area contributed by atoms with E-state index in [1.165, 1.54) is 12.1 Å². The number of carbonyl (C=O) groups is 1. The van der Waals surface area contributed by atoms with Crippen molar-refractivity contribution in [3.05, 3.63) is 99.8 Å². The third-order valence-corrected chi connectivity index (χ3v) is 7.97. The third-order valence-electron chi connectivity index (χ3n) is 7.73. The maximum atomic E-state index is 14.6. The minimum Gasteiger partial charge on any atom is -0.478 e. The Balaban J connectivity index is 1.17. The second kappa shape index (κ2) is 11.6. The van der Waals surface area contributed by atoms with Gasteiger partial charge < -0.3 is 19.7 Å². The van der Waals surface area contributed by atoms with Crippen LogP contribution in [0.5, 0.6) is 0 Å². The molecule has 0 saturated carbocycles. The van der Waals surface area contributed by atoms with Gasteiger partial charge in [0.1, 0.15) is 17.5 Å². The fraction of sp³-hybridized carbons (Fsp3) is 0.290. The number of fused-ring (bicyclic) bond motifs is 1. The molecule has 4 aromatic rings. The number of anilines is 1. The van der Waals surface area contributed by atoms with Gasteiger partial charge in [0.2, 0.25) is 0 Å². The van der Waals surface area contributed by atoms with Crippen molar-refractivity contribution in [1.29, 1.82) is 0 Å². The number of aromatic nitrogens is 2. The monoisotopic (exact) mass is 578 g/mol. The molecule has 1 aromatic heterocycles. The molecule has 3 aromatic carbocycles. The summed E-state index contributed by atoms with van der Waals surface area (Å²) in [6.45, 7) is 3.59. The number of carboxylic acid groups (broad SMARTS) is 1. The Bertz CT molecular complexity index is 1650. The van der Waals surface area contributed by atoms with Gasteiger partial charge in [0.25, 0.3) is 0 Å². The van der Waals surface area contributed by atoms with Crippen LogP contribution in [0.1, 0.15) is 40.2 Å². The summed E-state index contributed by atoms with van der Waals surface area (Å²) in [6, 6.07) is 14.4. The molecule has 0 aliphatic carbocycles. The molecule has 3 heterocycles. The lowest BCUT2D eigenvalue weighted by atomic mass is 9.98. The first-order valence-electron chi connectivity index (χ1n) is 13.6. The Kier molecular flexibility index (Phi) is 7.75. The van der Waals surface area contributed by atoms with Gasteiger partial charge in [-0.1, -0.05) is 29.8 Å². The van der Waals surface area contributed by atoms with Crippen molar-refractivity contribution in [3.63, 3.8) is 0 Å². The highest BCUT2D eigenvalue weighted by Crippen LogP contribution is 2.29. The number of benzene rings is 3. The molecular weight excluding hydrogens is 550 g/mol. The van der Waals surface area contributed by atoms with E-state index in [4.69, 9.17) is 21.3 Å². The Morgan fingerprint density at radius 1 is 1.12 bits per heavy atom. The topological polar surface area (TPSA) is 79.6 Å². The van der Waals surface area contributed by atoms with Crippen LogP contribution in [0.25, 0.3) is 16.6 Å². The van der Waals surface area contributed by atoms with Crippen molar-refractivity contribution in [1.82, 2.24) is 14.5 Å². The number of imidazole rings is 1. The van der Waals surface area contributed by atoms with E-state index in [2.05, 4.69) is 20.9 Å². The number of hydrogen-bond donors (Lipinski definition) is 2. The van der Waals surface area contributed by atoms with Crippen LogP contribution in [0.3, 0.4) is 0 Å². The van der Waals surface area contributed by atoms with Crippen molar-refractivity contribution in [2.75, 3.05) is 25.0 Å². The first-order chi connectivity index (χ1) is 19.8. The summed E-state index contributed by atoms with van der Waals surface area (Å²) >= 11 is 5.83. The lowest BCUT2D eigenvalue weighted by Gasteiger charge is -2.29. The first kappa shape index (κ1) is 27.4. The number of aromatic carboxylic acids is 1. The number of carboxylic acids is 1. The number of halogens is 3. The standard InChI is InChI=1S/C31H29ClF2N4O3/c32-23-4-1-22(26(34)15-23)16-35-28-13-20(2-5-25(28)33)19-7-10-37(11-8-19)18-30-36-27-6-3-21(31(39)40)14-29(27)38(30)17-24-9-12-41-24/h1-7,13-15,24,35H,8-12,16-18H2,(H,39,40)/t24-/m0/s1. The predicted molar refractivity (Wildman–Crippen MR) is 154 cm³/mol. The molecule has 0 spiro atoms. The van der Waals surface area contributed by atoms with E-state index in [1.54, 1.807) is 42.5 Å². The van der Waals surface area contributed by atoms with E-state index >= 15 is 0 Å². The predicted octanol–water partition coefficient (Wildman–Crippen LogP) is 6.36. The summed E-state index contributed by atoms with van der Waals surface area (Å²) < 4.78 is 36.5.